The number of hydrogen-bond donors (Lipinski definition) is 2. The van der Waals surface area contributed by atoms with Gasteiger partial charge in [0.25, 0.3) is 0 Å². The van der Waals surface area contributed by atoms with E-state index >= 15 is 0 Å². The van der Waals surface area contributed by atoms with Gasteiger partial charge in [0.05, 0.1) is 11.4 Å². The number of hydrogen-bond acceptors (Lipinski definition) is 3. The molecule has 0 radical (unpaired) electrons. The number of carbonyl (C=O) groups is 1. The number of rotatable bonds is 2. The van der Waals surface area contributed by atoms with E-state index in [1.165, 1.54) is 4.90 Å². The first-order valence-electron chi connectivity index (χ1n) is 6.37. The molecule has 2 aromatic carbocycles. The first kappa shape index (κ1) is 13.3. The summed E-state index contributed by atoms with van der Waals surface area (Å²) < 4.78 is 0. The Hall–Kier alpha value is -2.66. The number of para-hydroxylation sites is 2. The Kier molecular flexibility index (Phi) is 3.41. The molecule has 0 atom stereocenters. The van der Waals surface area contributed by atoms with Crippen LogP contribution in [-0.2, 0) is 0 Å². The number of nitrogens with zero attached hydrogens (tertiary/aromatic N) is 1. The van der Waals surface area contributed by atoms with Crippen molar-refractivity contribution in [3.63, 3.8) is 0 Å². The normalized spacial score (nSPS) is 16.4. The summed E-state index contributed by atoms with van der Waals surface area (Å²) in [6.07, 6.45) is 1.67. The lowest BCUT2D eigenvalue weighted by Crippen LogP contribution is -2.29. The Morgan fingerprint density at radius 3 is 2.43 bits per heavy atom. The molecule has 2 amide bonds. The predicted molar refractivity (Wildman–Crippen MR) is 86.1 cm³/mol. The van der Waals surface area contributed by atoms with E-state index in [9.17, 15) is 9.90 Å². The van der Waals surface area contributed by atoms with Gasteiger partial charge in [0.1, 0.15) is 10.7 Å². The molecule has 0 aliphatic carbocycles. The van der Waals surface area contributed by atoms with Gasteiger partial charge in [0.2, 0.25) is 0 Å². The van der Waals surface area contributed by atoms with E-state index in [1.54, 1.807) is 30.3 Å². The lowest BCUT2D eigenvalue weighted by molar-refractivity contribution is 0.253. The molecule has 2 aromatic rings. The number of thiocarbonyl (C=S) groups is 1. The van der Waals surface area contributed by atoms with Crippen molar-refractivity contribution in [2.75, 3.05) is 4.90 Å². The van der Waals surface area contributed by atoms with Crippen LogP contribution in [0.2, 0.25) is 0 Å². The molecule has 21 heavy (non-hydrogen) atoms. The molecule has 5 heteroatoms. The second-order valence-corrected chi connectivity index (χ2v) is 4.91. The topological polar surface area (TPSA) is 52.6 Å². The third-order valence-corrected chi connectivity index (χ3v) is 3.53. The number of nitrogens with one attached hydrogen (secondary N) is 1. The summed E-state index contributed by atoms with van der Waals surface area (Å²) in [6.45, 7) is 0. The minimum Gasteiger partial charge on any atom is -0.507 e. The summed E-state index contributed by atoms with van der Waals surface area (Å²) in [5.74, 6) is 0.139. The van der Waals surface area contributed by atoms with Crippen molar-refractivity contribution in [3.05, 3.63) is 65.9 Å². The first-order chi connectivity index (χ1) is 10.2. The number of amides is 2. The van der Waals surface area contributed by atoms with Crippen molar-refractivity contribution in [2.24, 2.45) is 0 Å². The quantitative estimate of drug-likeness (QED) is 0.660. The smallest absolute Gasteiger partial charge is 0.331 e. The molecular weight excluding hydrogens is 284 g/mol. The number of benzene rings is 2. The highest BCUT2D eigenvalue weighted by Gasteiger charge is 2.31. The lowest BCUT2D eigenvalue weighted by atomic mass is 10.1. The van der Waals surface area contributed by atoms with Crippen LogP contribution in [0.25, 0.3) is 6.08 Å². The van der Waals surface area contributed by atoms with Crippen molar-refractivity contribution in [3.8, 4) is 5.75 Å². The molecule has 0 bridgehead atoms. The van der Waals surface area contributed by atoms with Crippen LogP contribution in [0.5, 0.6) is 5.75 Å². The van der Waals surface area contributed by atoms with Crippen LogP contribution in [0.1, 0.15) is 5.56 Å². The van der Waals surface area contributed by atoms with Crippen LogP contribution in [0.4, 0.5) is 10.5 Å². The molecule has 1 fully saturated rings. The van der Waals surface area contributed by atoms with Crippen LogP contribution in [0, 0.1) is 0 Å². The van der Waals surface area contributed by atoms with E-state index in [2.05, 4.69) is 5.32 Å². The maximum absolute atomic E-state index is 12.1. The standard InChI is InChI=1S/C16H12N2O2S/c19-14-9-5-4-6-11(14)10-13-15(21)18(16(20)17-13)12-7-2-1-3-8-12/h1-10,19H,(H,17,20)/b13-10+. The van der Waals surface area contributed by atoms with Gasteiger partial charge in [-0.15, -0.1) is 0 Å². The molecule has 0 saturated carbocycles. The molecule has 1 aliphatic rings. The Balaban J connectivity index is 1.96. The minimum atomic E-state index is -0.298. The summed E-state index contributed by atoms with van der Waals surface area (Å²) in [4.78, 5) is 13.9. The molecule has 104 valence electrons. The molecule has 1 aliphatic heterocycles. The number of phenols is 1. The molecule has 4 nitrogen and oxygen atoms in total. The summed E-state index contributed by atoms with van der Waals surface area (Å²) in [5, 5.41) is 12.5. The van der Waals surface area contributed by atoms with E-state index in [1.807, 2.05) is 30.3 Å². The van der Waals surface area contributed by atoms with Gasteiger partial charge in [-0.25, -0.2) is 4.79 Å². The Labute approximate surface area is 127 Å². The second kappa shape index (κ2) is 5.38. The third kappa shape index (κ3) is 2.51. The fraction of sp³-hybridized carbons (Fsp3) is 0. The highest BCUT2D eigenvalue weighted by atomic mass is 32.1. The molecule has 0 unspecified atom stereocenters. The lowest BCUT2D eigenvalue weighted by Gasteiger charge is -2.13. The third-order valence-electron chi connectivity index (χ3n) is 3.13. The van der Waals surface area contributed by atoms with Crippen molar-refractivity contribution >= 4 is 35.0 Å². The fourth-order valence-corrected chi connectivity index (χ4v) is 2.41. The molecule has 2 N–H and O–H groups in total. The molecular formula is C16H12N2O2S. The van der Waals surface area contributed by atoms with Gasteiger partial charge in [0, 0.05) is 5.56 Å². The zero-order valence-electron chi connectivity index (χ0n) is 11.0. The number of anilines is 1. The van der Waals surface area contributed by atoms with Crippen LogP contribution in [-0.4, -0.2) is 16.1 Å². The van der Waals surface area contributed by atoms with Gasteiger partial charge >= 0.3 is 6.03 Å². The van der Waals surface area contributed by atoms with Crippen LogP contribution >= 0.6 is 12.2 Å². The number of phenolic OH excluding ortho intramolecular Hbond substituents is 1. The SMILES string of the molecule is O=C1N/C(=C/c2ccccc2O)C(=S)N1c1ccccc1. The summed E-state index contributed by atoms with van der Waals surface area (Å²) >= 11 is 5.36. The Morgan fingerprint density at radius 2 is 1.71 bits per heavy atom. The van der Waals surface area contributed by atoms with E-state index in [-0.39, 0.29) is 11.8 Å². The maximum atomic E-state index is 12.1. The van der Waals surface area contributed by atoms with Crippen LogP contribution in [0.3, 0.4) is 0 Å². The highest BCUT2D eigenvalue weighted by Crippen LogP contribution is 2.25. The van der Waals surface area contributed by atoms with Gasteiger partial charge in [-0.3, -0.25) is 4.90 Å². The number of aromatic hydroxyl groups is 1. The van der Waals surface area contributed by atoms with E-state index in [4.69, 9.17) is 12.2 Å². The van der Waals surface area contributed by atoms with Gasteiger partial charge in [-0.2, -0.15) is 0 Å². The zero-order chi connectivity index (χ0) is 14.8. The molecule has 1 saturated heterocycles. The highest BCUT2D eigenvalue weighted by molar-refractivity contribution is 7.81. The van der Waals surface area contributed by atoms with Gasteiger partial charge < -0.3 is 10.4 Å². The predicted octanol–water partition coefficient (Wildman–Crippen LogP) is 3.29. The average Bonchev–Trinajstić information content (AvgIpc) is 2.77. The Bertz CT molecular complexity index is 741. The molecule has 1 heterocycles. The van der Waals surface area contributed by atoms with Gasteiger partial charge in [-0.1, -0.05) is 48.6 Å². The van der Waals surface area contributed by atoms with Crippen molar-refractivity contribution in [1.29, 1.82) is 0 Å². The molecule has 0 aromatic heterocycles. The number of carbonyl (C=O) groups excluding carboxylic acids is 1. The van der Waals surface area contributed by atoms with Crippen molar-refractivity contribution < 1.29 is 9.90 Å². The van der Waals surface area contributed by atoms with E-state index in [0.717, 1.165) is 0 Å². The Morgan fingerprint density at radius 1 is 1.05 bits per heavy atom. The van der Waals surface area contributed by atoms with E-state index < -0.39 is 0 Å². The zero-order valence-corrected chi connectivity index (χ0v) is 11.8. The summed E-state index contributed by atoms with van der Waals surface area (Å²) in [6, 6.07) is 15.8. The minimum absolute atomic E-state index is 0.139. The number of urea groups is 1. The van der Waals surface area contributed by atoms with Crippen molar-refractivity contribution in [1.82, 2.24) is 5.32 Å². The fourth-order valence-electron chi connectivity index (χ4n) is 2.11. The van der Waals surface area contributed by atoms with Gasteiger partial charge in [-0.05, 0) is 24.3 Å². The van der Waals surface area contributed by atoms with Crippen molar-refractivity contribution in [2.45, 2.75) is 0 Å². The maximum Gasteiger partial charge on any atom is 0.331 e. The van der Waals surface area contributed by atoms with E-state index in [0.29, 0.717) is 21.9 Å². The average molecular weight is 296 g/mol. The van der Waals surface area contributed by atoms with Crippen LogP contribution < -0.4 is 10.2 Å². The second-order valence-electron chi connectivity index (χ2n) is 4.52. The first-order valence-corrected chi connectivity index (χ1v) is 6.78. The summed E-state index contributed by atoms with van der Waals surface area (Å²) in [5.41, 5.74) is 1.81. The van der Waals surface area contributed by atoms with Crippen LogP contribution in [0.15, 0.2) is 60.3 Å². The monoisotopic (exact) mass is 296 g/mol. The van der Waals surface area contributed by atoms with Gasteiger partial charge in [0.15, 0.2) is 0 Å². The molecule has 3 rings (SSSR count). The summed E-state index contributed by atoms with van der Waals surface area (Å²) in [7, 11) is 0. The largest absolute Gasteiger partial charge is 0.507 e. The molecule has 0 spiro atoms.